The number of halogens is 2. The third-order valence-electron chi connectivity index (χ3n) is 6.61. The molecule has 3 rings (SSSR count). The van der Waals surface area contributed by atoms with E-state index >= 15 is 0 Å². The van der Waals surface area contributed by atoms with E-state index in [0.717, 1.165) is 35.1 Å². The zero-order valence-corrected chi connectivity index (χ0v) is 22.0. The molecule has 0 saturated carbocycles. The molecule has 2 aromatic carbocycles. The van der Waals surface area contributed by atoms with Crippen molar-refractivity contribution in [3.8, 4) is 5.75 Å². The molecular weight excluding hydrogens is 471 g/mol. The summed E-state index contributed by atoms with van der Waals surface area (Å²) in [5.41, 5.74) is 4.71. The Hall–Kier alpha value is -2.01. The van der Waals surface area contributed by atoms with Gasteiger partial charge < -0.3 is 14.6 Å². The van der Waals surface area contributed by atoms with E-state index in [9.17, 15) is 9.90 Å². The number of aryl methyl sites for hydroxylation is 1. The second kappa shape index (κ2) is 11.2. The van der Waals surface area contributed by atoms with Gasteiger partial charge in [-0.3, -0.25) is 0 Å². The summed E-state index contributed by atoms with van der Waals surface area (Å²) < 4.78 is 12.7. The molecule has 4 nitrogen and oxygen atoms in total. The number of carbonyl (C=O) groups is 1. The van der Waals surface area contributed by atoms with Crippen molar-refractivity contribution < 1.29 is 19.4 Å². The quantitative estimate of drug-likeness (QED) is 0.370. The van der Waals surface area contributed by atoms with Gasteiger partial charge in [-0.2, -0.15) is 0 Å². The number of aliphatic carboxylic acids is 1. The average molecular weight is 505 g/mol. The van der Waals surface area contributed by atoms with Crippen LogP contribution in [0.3, 0.4) is 0 Å². The Morgan fingerprint density at radius 2 is 1.88 bits per heavy atom. The summed E-state index contributed by atoms with van der Waals surface area (Å²) >= 11 is 12.8. The van der Waals surface area contributed by atoms with E-state index in [4.69, 9.17) is 32.7 Å². The van der Waals surface area contributed by atoms with Gasteiger partial charge in [0.2, 0.25) is 0 Å². The van der Waals surface area contributed by atoms with Crippen molar-refractivity contribution in [2.24, 2.45) is 11.8 Å². The second-order valence-corrected chi connectivity index (χ2v) is 10.6. The smallest absolute Gasteiger partial charge is 0.341 e. The maximum atomic E-state index is 11.3. The fourth-order valence-corrected chi connectivity index (χ4v) is 5.23. The molecule has 1 aliphatic heterocycles. The van der Waals surface area contributed by atoms with Crippen molar-refractivity contribution in [1.82, 2.24) is 0 Å². The number of hydrogen-bond acceptors (Lipinski definition) is 3. The molecule has 0 bridgehead atoms. The van der Waals surface area contributed by atoms with Crippen LogP contribution < -0.4 is 4.74 Å². The van der Waals surface area contributed by atoms with Gasteiger partial charge in [-0.25, -0.2) is 4.79 Å². The first-order chi connectivity index (χ1) is 16.0. The zero-order chi connectivity index (χ0) is 25.2. The van der Waals surface area contributed by atoms with Crippen LogP contribution >= 0.6 is 23.2 Å². The maximum Gasteiger partial charge on any atom is 0.341 e. The lowest BCUT2D eigenvalue weighted by atomic mass is 9.73. The Bertz CT molecular complexity index is 1050. The van der Waals surface area contributed by atoms with Crippen LogP contribution in [-0.4, -0.2) is 23.8 Å². The minimum atomic E-state index is -1.03. The van der Waals surface area contributed by atoms with Gasteiger partial charge in [0.15, 0.2) is 6.61 Å². The van der Waals surface area contributed by atoms with Crippen molar-refractivity contribution in [2.45, 2.75) is 65.6 Å². The van der Waals surface area contributed by atoms with Gasteiger partial charge in [-0.1, -0.05) is 61.3 Å². The molecule has 34 heavy (non-hydrogen) atoms. The standard InChI is InChI=1S/C28H34Cl2O4/c1-15(2)11-23-22(19-7-9-20(29)10-8-19)13-21(16(3)4)28(34-23)26-18(6)27(30)17(5)12-24(26)33-14-25(31)32/h7-10,12,15,21-23,28H,3,11,13-14H2,1-2,4-6H3,(H,31,32)/t21-,22-,23+,28+/m0/s1. The van der Waals surface area contributed by atoms with E-state index in [1.54, 1.807) is 0 Å². The number of carboxylic acid groups (broad SMARTS) is 1. The highest BCUT2D eigenvalue weighted by molar-refractivity contribution is 6.32. The monoisotopic (exact) mass is 504 g/mol. The summed E-state index contributed by atoms with van der Waals surface area (Å²) in [6.07, 6.45) is 1.36. The lowest BCUT2D eigenvalue weighted by Crippen LogP contribution is -2.37. The molecule has 0 radical (unpaired) electrons. The molecule has 0 aliphatic carbocycles. The molecule has 6 heteroatoms. The number of hydrogen-bond donors (Lipinski definition) is 1. The molecule has 1 fully saturated rings. The number of ether oxygens (including phenoxy) is 2. The Labute approximate surface area is 212 Å². The summed E-state index contributed by atoms with van der Waals surface area (Å²) in [6.45, 7) is 14.1. The van der Waals surface area contributed by atoms with Gasteiger partial charge in [0.1, 0.15) is 5.75 Å². The molecule has 0 aromatic heterocycles. The van der Waals surface area contributed by atoms with E-state index in [0.29, 0.717) is 21.7 Å². The van der Waals surface area contributed by atoms with Crippen LogP contribution in [0.4, 0.5) is 0 Å². The molecule has 1 N–H and O–H groups in total. The molecule has 2 aromatic rings. The summed E-state index contributed by atoms with van der Waals surface area (Å²) in [5.74, 6) is 0.104. The van der Waals surface area contributed by atoms with Gasteiger partial charge >= 0.3 is 5.97 Å². The molecule has 1 saturated heterocycles. The van der Waals surface area contributed by atoms with Crippen molar-refractivity contribution >= 4 is 29.2 Å². The predicted molar refractivity (Wildman–Crippen MR) is 138 cm³/mol. The van der Waals surface area contributed by atoms with E-state index in [2.05, 4.69) is 32.6 Å². The Morgan fingerprint density at radius 3 is 2.44 bits per heavy atom. The Balaban J connectivity index is 2.10. The topological polar surface area (TPSA) is 55.8 Å². The van der Waals surface area contributed by atoms with Gasteiger partial charge in [0.05, 0.1) is 12.2 Å². The highest BCUT2D eigenvalue weighted by atomic mass is 35.5. The normalized spacial score (nSPS) is 22.6. The lowest BCUT2D eigenvalue weighted by Gasteiger charge is -2.44. The fourth-order valence-electron chi connectivity index (χ4n) is 4.95. The van der Waals surface area contributed by atoms with E-state index in [1.807, 2.05) is 39.0 Å². The van der Waals surface area contributed by atoms with E-state index in [-0.39, 0.29) is 24.0 Å². The molecule has 0 amide bonds. The van der Waals surface area contributed by atoms with E-state index in [1.165, 1.54) is 5.56 Å². The zero-order valence-electron chi connectivity index (χ0n) is 20.5. The van der Waals surface area contributed by atoms with Crippen LogP contribution in [-0.2, 0) is 9.53 Å². The fraction of sp³-hybridized carbons (Fsp3) is 0.464. The molecule has 4 atom stereocenters. The Morgan fingerprint density at radius 1 is 1.24 bits per heavy atom. The minimum absolute atomic E-state index is 0.00809. The molecule has 1 heterocycles. The second-order valence-electron chi connectivity index (χ2n) is 9.80. The predicted octanol–water partition coefficient (Wildman–Crippen LogP) is 7.93. The van der Waals surface area contributed by atoms with Crippen molar-refractivity contribution in [3.05, 3.63) is 74.8 Å². The summed E-state index contributed by atoms with van der Waals surface area (Å²) in [4.78, 5) is 11.3. The van der Waals surface area contributed by atoms with E-state index < -0.39 is 12.6 Å². The molecule has 0 spiro atoms. The first-order valence-corrected chi connectivity index (χ1v) is 12.5. The minimum Gasteiger partial charge on any atom is -0.482 e. The molecule has 184 valence electrons. The third kappa shape index (κ3) is 5.97. The first-order valence-electron chi connectivity index (χ1n) is 11.7. The van der Waals surface area contributed by atoms with Gasteiger partial charge in [0.25, 0.3) is 0 Å². The molecule has 1 aliphatic rings. The highest BCUT2D eigenvalue weighted by Gasteiger charge is 2.42. The van der Waals surface area contributed by atoms with Crippen molar-refractivity contribution in [3.63, 3.8) is 0 Å². The number of rotatable bonds is 8. The SMILES string of the molecule is C=C(C)[C@@H]1C[C@@H](c2ccc(Cl)cc2)[C@@H](CC(C)C)O[C@H]1c1c(OCC(=O)O)cc(C)c(Cl)c1C. The lowest BCUT2D eigenvalue weighted by molar-refractivity contribution is -0.139. The Kier molecular flexibility index (Phi) is 8.72. The summed E-state index contributed by atoms with van der Waals surface area (Å²) in [6, 6.07) is 9.82. The summed E-state index contributed by atoms with van der Waals surface area (Å²) in [5, 5.41) is 10.6. The van der Waals surface area contributed by atoms with Crippen LogP contribution in [0.15, 0.2) is 42.5 Å². The highest BCUT2D eigenvalue weighted by Crippen LogP contribution is 2.51. The average Bonchev–Trinajstić information content (AvgIpc) is 2.76. The van der Waals surface area contributed by atoms with Crippen LogP contribution in [0, 0.1) is 25.7 Å². The van der Waals surface area contributed by atoms with Crippen LogP contribution in [0.2, 0.25) is 10.0 Å². The largest absolute Gasteiger partial charge is 0.482 e. The van der Waals surface area contributed by atoms with Crippen LogP contribution in [0.25, 0.3) is 0 Å². The van der Waals surface area contributed by atoms with Gasteiger partial charge in [-0.15, -0.1) is 0 Å². The van der Waals surface area contributed by atoms with Gasteiger partial charge in [0, 0.05) is 27.4 Å². The molecular formula is C28H34Cl2O4. The number of carboxylic acids is 1. The van der Waals surface area contributed by atoms with Crippen LogP contribution in [0.1, 0.15) is 67.9 Å². The van der Waals surface area contributed by atoms with Gasteiger partial charge in [-0.05, 0) is 74.4 Å². The van der Waals surface area contributed by atoms with Crippen molar-refractivity contribution in [1.29, 1.82) is 0 Å². The van der Waals surface area contributed by atoms with Crippen LogP contribution in [0.5, 0.6) is 5.75 Å². The third-order valence-corrected chi connectivity index (χ3v) is 7.44. The van der Waals surface area contributed by atoms with Crippen molar-refractivity contribution in [2.75, 3.05) is 6.61 Å². The first kappa shape index (κ1) is 26.6. The number of benzene rings is 2. The molecule has 0 unspecified atom stereocenters. The maximum absolute atomic E-state index is 11.3. The summed E-state index contributed by atoms with van der Waals surface area (Å²) in [7, 11) is 0.